The van der Waals surface area contributed by atoms with Gasteiger partial charge in [-0.15, -0.1) is 0 Å². The summed E-state index contributed by atoms with van der Waals surface area (Å²) < 4.78 is 26.6. The third-order valence-corrected chi connectivity index (χ3v) is 5.50. The van der Waals surface area contributed by atoms with Crippen molar-refractivity contribution in [1.82, 2.24) is 10.0 Å². The smallest absolute Gasteiger partial charge is 0.242 e. The maximum absolute atomic E-state index is 12.2. The van der Waals surface area contributed by atoms with Crippen LogP contribution in [0.3, 0.4) is 0 Å². The fraction of sp³-hybridized carbons (Fsp3) is 0.176. The molecular formula is C17H15Cl2N3O3S. The number of carbonyl (C=O) groups excluding carboxylic acids is 1. The maximum atomic E-state index is 12.2. The molecule has 0 bridgehead atoms. The molecule has 0 aliphatic rings. The average Bonchev–Trinajstić information content (AvgIpc) is 2.62. The summed E-state index contributed by atoms with van der Waals surface area (Å²) in [6, 6.07) is 12.7. The van der Waals surface area contributed by atoms with E-state index in [9.17, 15) is 13.2 Å². The summed E-state index contributed by atoms with van der Waals surface area (Å²) in [5.41, 5.74) is 0.831. The second-order valence-corrected chi connectivity index (χ2v) is 7.85. The number of halogens is 2. The molecule has 2 N–H and O–H groups in total. The molecule has 0 aromatic heterocycles. The third-order valence-electron chi connectivity index (χ3n) is 3.45. The van der Waals surface area contributed by atoms with Crippen LogP contribution in [0.2, 0.25) is 10.0 Å². The lowest BCUT2D eigenvalue weighted by Crippen LogP contribution is -2.37. The Morgan fingerprint density at radius 3 is 2.58 bits per heavy atom. The van der Waals surface area contributed by atoms with Gasteiger partial charge in [0.05, 0.1) is 17.0 Å². The van der Waals surface area contributed by atoms with Crippen molar-refractivity contribution in [3.63, 3.8) is 0 Å². The van der Waals surface area contributed by atoms with Crippen LogP contribution >= 0.6 is 23.2 Å². The van der Waals surface area contributed by atoms with Crippen molar-refractivity contribution in [2.75, 3.05) is 13.1 Å². The quantitative estimate of drug-likeness (QED) is 0.730. The molecule has 2 aromatic carbocycles. The Labute approximate surface area is 161 Å². The largest absolute Gasteiger partial charge is 0.355 e. The molecule has 6 nitrogen and oxygen atoms in total. The highest BCUT2D eigenvalue weighted by atomic mass is 35.5. The Kier molecular flexibility index (Phi) is 7.00. The molecule has 0 saturated carbocycles. The van der Waals surface area contributed by atoms with Crippen LogP contribution in [0, 0.1) is 11.3 Å². The van der Waals surface area contributed by atoms with Gasteiger partial charge in [0.25, 0.3) is 0 Å². The van der Waals surface area contributed by atoms with Crippen LogP contribution < -0.4 is 10.0 Å². The van der Waals surface area contributed by atoms with Gasteiger partial charge in [-0.1, -0.05) is 41.4 Å². The highest BCUT2D eigenvalue weighted by Gasteiger charge is 2.19. The van der Waals surface area contributed by atoms with Crippen molar-refractivity contribution in [2.45, 2.75) is 11.3 Å². The lowest BCUT2D eigenvalue weighted by molar-refractivity contribution is -0.119. The Hall–Kier alpha value is -2.11. The lowest BCUT2D eigenvalue weighted by atomic mass is 10.1. The van der Waals surface area contributed by atoms with E-state index < -0.39 is 22.5 Å². The molecule has 0 spiro atoms. The number of hydrogen-bond acceptors (Lipinski definition) is 4. The molecule has 0 saturated heterocycles. The van der Waals surface area contributed by atoms with Gasteiger partial charge in [-0.05, 0) is 36.2 Å². The van der Waals surface area contributed by atoms with E-state index in [1.165, 1.54) is 18.2 Å². The second kappa shape index (κ2) is 9.01. The van der Waals surface area contributed by atoms with Gasteiger partial charge >= 0.3 is 0 Å². The summed E-state index contributed by atoms with van der Waals surface area (Å²) in [5.74, 6) is -0.493. The SMILES string of the molecule is N#Cc1ccccc1S(=O)(=O)NCC(=O)NCCc1ccc(Cl)cc1Cl. The normalized spacial score (nSPS) is 11.0. The van der Waals surface area contributed by atoms with Crippen molar-refractivity contribution in [2.24, 2.45) is 0 Å². The number of amides is 1. The van der Waals surface area contributed by atoms with Gasteiger partial charge in [-0.3, -0.25) is 4.79 Å². The monoisotopic (exact) mass is 411 g/mol. The van der Waals surface area contributed by atoms with Gasteiger partial charge in [0.2, 0.25) is 15.9 Å². The zero-order valence-electron chi connectivity index (χ0n) is 13.5. The minimum absolute atomic E-state index is 0.0118. The molecule has 0 radical (unpaired) electrons. The molecule has 9 heteroatoms. The highest BCUT2D eigenvalue weighted by Crippen LogP contribution is 2.21. The van der Waals surface area contributed by atoms with Gasteiger partial charge in [-0.25, -0.2) is 13.1 Å². The number of nitriles is 1. The standard InChI is InChI=1S/C17H15Cl2N3O3S/c18-14-6-5-12(15(19)9-14)7-8-21-17(23)11-22-26(24,25)16-4-2-1-3-13(16)10-20/h1-6,9,22H,7-8,11H2,(H,21,23). The third kappa shape index (κ3) is 5.44. The molecule has 1 amide bonds. The Bertz CT molecular complexity index is 956. The number of rotatable bonds is 7. The van der Waals surface area contributed by atoms with Crippen LogP contribution in [-0.4, -0.2) is 27.4 Å². The Morgan fingerprint density at radius 1 is 1.15 bits per heavy atom. The number of hydrogen-bond donors (Lipinski definition) is 2. The van der Waals surface area contributed by atoms with Crippen molar-refractivity contribution >= 4 is 39.1 Å². The first-order chi connectivity index (χ1) is 12.3. The Morgan fingerprint density at radius 2 is 1.88 bits per heavy atom. The minimum atomic E-state index is -3.96. The molecule has 0 fully saturated rings. The summed E-state index contributed by atoms with van der Waals surface area (Å²) in [7, 11) is -3.96. The first-order valence-corrected chi connectivity index (χ1v) is 9.77. The van der Waals surface area contributed by atoms with Gasteiger partial charge in [0.1, 0.15) is 6.07 Å². The first-order valence-electron chi connectivity index (χ1n) is 7.53. The average molecular weight is 412 g/mol. The molecule has 0 aliphatic carbocycles. The van der Waals surface area contributed by atoms with E-state index in [1.807, 2.05) is 6.07 Å². The number of benzene rings is 2. The van der Waals surface area contributed by atoms with Gasteiger partial charge in [0, 0.05) is 16.6 Å². The lowest BCUT2D eigenvalue weighted by Gasteiger charge is -2.09. The van der Waals surface area contributed by atoms with Crippen molar-refractivity contribution in [3.8, 4) is 6.07 Å². The van der Waals surface area contributed by atoms with E-state index in [4.69, 9.17) is 28.5 Å². The van der Waals surface area contributed by atoms with E-state index >= 15 is 0 Å². The summed E-state index contributed by atoms with van der Waals surface area (Å²) in [6.07, 6.45) is 0.478. The van der Waals surface area contributed by atoms with Gasteiger partial charge < -0.3 is 5.32 Å². The summed E-state index contributed by atoms with van der Waals surface area (Å²) in [4.78, 5) is 11.7. The molecule has 0 unspecified atom stereocenters. The van der Waals surface area contributed by atoms with Gasteiger partial charge in [-0.2, -0.15) is 5.26 Å². The summed E-state index contributed by atoms with van der Waals surface area (Å²) >= 11 is 11.9. The zero-order chi connectivity index (χ0) is 19.2. The molecule has 26 heavy (non-hydrogen) atoms. The molecule has 136 valence electrons. The topological polar surface area (TPSA) is 99.1 Å². The van der Waals surface area contributed by atoms with Crippen LogP contribution in [0.25, 0.3) is 0 Å². The summed E-state index contributed by atoms with van der Waals surface area (Å²) in [6.45, 7) is -0.146. The van der Waals surface area contributed by atoms with Crippen molar-refractivity contribution in [3.05, 3.63) is 63.6 Å². The van der Waals surface area contributed by atoms with E-state index in [-0.39, 0.29) is 17.0 Å². The second-order valence-electron chi connectivity index (χ2n) is 5.27. The maximum Gasteiger partial charge on any atom is 0.242 e. The fourth-order valence-corrected chi connectivity index (χ4v) is 3.80. The summed E-state index contributed by atoms with van der Waals surface area (Å²) in [5, 5.41) is 12.6. The number of nitrogens with one attached hydrogen (secondary N) is 2. The molecule has 0 aliphatic heterocycles. The van der Waals surface area contributed by atoms with Crippen LogP contribution in [0.1, 0.15) is 11.1 Å². The van der Waals surface area contributed by atoms with Crippen molar-refractivity contribution in [1.29, 1.82) is 5.26 Å². The number of nitrogens with zero attached hydrogens (tertiary/aromatic N) is 1. The Balaban J connectivity index is 1.87. The highest BCUT2D eigenvalue weighted by molar-refractivity contribution is 7.89. The van der Waals surface area contributed by atoms with Crippen LogP contribution in [0.5, 0.6) is 0 Å². The van der Waals surface area contributed by atoms with Crippen LogP contribution in [0.4, 0.5) is 0 Å². The first kappa shape index (κ1) is 20.2. The molecule has 2 rings (SSSR count). The van der Waals surface area contributed by atoms with E-state index in [0.717, 1.165) is 5.56 Å². The molecule has 2 aromatic rings. The van der Waals surface area contributed by atoms with E-state index in [2.05, 4.69) is 10.0 Å². The fourth-order valence-electron chi connectivity index (χ4n) is 2.16. The van der Waals surface area contributed by atoms with E-state index in [1.54, 1.807) is 24.3 Å². The molecule has 0 atom stereocenters. The van der Waals surface area contributed by atoms with Crippen LogP contribution in [-0.2, 0) is 21.2 Å². The van der Waals surface area contributed by atoms with Crippen LogP contribution in [0.15, 0.2) is 47.4 Å². The molecule has 0 heterocycles. The predicted octanol–water partition coefficient (Wildman–Crippen LogP) is 2.50. The zero-order valence-corrected chi connectivity index (χ0v) is 15.8. The van der Waals surface area contributed by atoms with Crippen molar-refractivity contribution < 1.29 is 13.2 Å². The number of sulfonamides is 1. The number of carbonyl (C=O) groups is 1. The minimum Gasteiger partial charge on any atom is -0.355 e. The predicted molar refractivity (Wildman–Crippen MR) is 99.5 cm³/mol. The van der Waals surface area contributed by atoms with Gasteiger partial charge in [0.15, 0.2) is 0 Å². The van der Waals surface area contributed by atoms with E-state index in [0.29, 0.717) is 16.5 Å². The molecular weight excluding hydrogens is 397 g/mol.